The van der Waals surface area contributed by atoms with Gasteiger partial charge in [0.1, 0.15) is 11.5 Å². The highest BCUT2D eigenvalue weighted by Crippen LogP contribution is 2.23. The Morgan fingerprint density at radius 1 is 1.08 bits per heavy atom. The molecule has 0 aliphatic rings. The summed E-state index contributed by atoms with van der Waals surface area (Å²) >= 11 is 0. The van der Waals surface area contributed by atoms with E-state index in [1.165, 1.54) is 0 Å². The molecule has 0 saturated heterocycles. The zero-order valence-electron chi connectivity index (χ0n) is 14.6. The Hall–Kier alpha value is -3.35. The van der Waals surface area contributed by atoms with E-state index >= 15 is 0 Å². The van der Waals surface area contributed by atoms with Gasteiger partial charge in [-0.25, -0.2) is 0 Å². The highest BCUT2D eigenvalue weighted by molar-refractivity contribution is 5.92. The molecule has 134 valence electrons. The van der Waals surface area contributed by atoms with Crippen LogP contribution in [0.25, 0.3) is 11.4 Å². The first kappa shape index (κ1) is 17.5. The number of nitrogens with zero attached hydrogens (tertiary/aromatic N) is 2. The van der Waals surface area contributed by atoms with Crippen molar-refractivity contribution in [3.63, 3.8) is 0 Å². The second-order valence-corrected chi connectivity index (χ2v) is 5.49. The number of benzene rings is 2. The molecule has 0 unspecified atom stereocenters. The predicted octanol–water partition coefficient (Wildman–Crippen LogP) is 3.33. The Morgan fingerprint density at radius 3 is 2.58 bits per heavy atom. The number of anilines is 1. The van der Waals surface area contributed by atoms with E-state index < -0.39 is 0 Å². The molecular formula is C19H19N3O4. The molecule has 2 aromatic carbocycles. The number of hydrogen-bond acceptors (Lipinski definition) is 6. The summed E-state index contributed by atoms with van der Waals surface area (Å²) in [6, 6.07) is 14.6. The first-order valence-corrected chi connectivity index (χ1v) is 8.09. The van der Waals surface area contributed by atoms with E-state index in [4.69, 9.17) is 14.0 Å². The Labute approximate surface area is 150 Å². The fraction of sp³-hybridized carbons (Fsp3) is 0.211. The molecule has 1 aromatic heterocycles. The number of carbonyl (C=O) groups is 1. The van der Waals surface area contributed by atoms with E-state index in [2.05, 4.69) is 15.5 Å². The van der Waals surface area contributed by atoms with E-state index in [9.17, 15) is 4.79 Å². The molecule has 0 bridgehead atoms. The summed E-state index contributed by atoms with van der Waals surface area (Å²) < 4.78 is 15.6. The standard InChI is InChI=1S/C19H19N3O4/c1-24-14-9-7-13(8-10-14)19-21-18(26-22-19)12-11-17(23)20-15-5-3-4-6-16(15)25-2/h3-10H,11-12H2,1-2H3,(H,20,23). The summed E-state index contributed by atoms with van der Waals surface area (Å²) in [7, 11) is 3.17. The van der Waals surface area contributed by atoms with Crippen LogP contribution in [-0.2, 0) is 11.2 Å². The van der Waals surface area contributed by atoms with Crippen LogP contribution in [0.5, 0.6) is 11.5 Å². The average molecular weight is 353 g/mol. The van der Waals surface area contributed by atoms with Crippen molar-refractivity contribution in [1.29, 1.82) is 0 Å². The molecule has 7 nitrogen and oxygen atoms in total. The first-order chi connectivity index (χ1) is 12.7. The fourth-order valence-electron chi connectivity index (χ4n) is 2.39. The van der Waals surface area contributed by atoms with Crippen molar-refractivity contribution < 1.29 is 18.8 Å². The molecule has 3 rings (SSSR count). The molecule has 1 heterocycles. The Balaban J connectivity index is 1.58. The van der Waals surface area contributed by atoms with Crippen LogP contribution in [0.1, 0.15) is 12.3 Å². The smallest absolute Gasteiger partial charge is 0.227 e. The van der Waals surface area contributed by atoms with Gasteiger partial charge in [-0.15, -0.1) is 0 Å². The molecule has 0 fully saturated rings. The van der Waals surface area contributed by atoms with Crippen LogP contribution in [0.15, 0.2) is 53.1 Å². The summed E-state index contributed by atoms with van der Waals surface area (Å²) in [6.07, 6.45) is 0.576. The summed E-state index contributed by atoms with van der Waals surface area (Å²) in [5.74, 6) is 2.10. The number of carbonyl (C=O) groups excluding carboxylic acids is 1. The van der Waals surface area contributed by atoms with Gasteiger partial charge < -0.3 is 19.3 Å². The third-order valence-corrected chi connectivity index (χ3v) is 3.76. The van der Waals surface area contributed by atoms with Crippen molar-refractivity contribution in [3.8, 4) is 22.9 Å². The monoisotopic (exact) mass is 353 g/mol. The molecule has 1 N–H and O–H groups in total. The van der Waals surface area contributed by atoms with Crippen molar-refractivity contribution in [2.45, 2.75) is 12.8 Å². The number of aromatic nitrogens is 2. The maximum absolute atomic E-state index is 12.1. The maximum Gasteiger partial charge on any atom is 0.227 e. The van der Waals surface area contributed by atoms with Crippen molar-refractivity contribution in [3.05, 3.63) is 54.4 Å². The quantitative estimate of drug-likeness (QED) is 0.701. The van der Waals surface area contributed by atoms with E-state index in [0.717, 1.165) is 11.3 Å². The molecule has 1 amide bonds. The zero-order chi connectivity index (χ0) is 18.4. The molecule has 0 saturated carbocycles. The van der Waals surface area contributed by atoms with Gasteiger partial charge in [0.15, 0.2) is 0 Å². The second kappa shape index (κ2) is 8.15. The van der Waals surface area contributed by atoms with Crippen LogP contribution >= 0.6 is 0 Å². The Bertz CT molecular complexity index is 875. The van der Waals surface area contributed by atoms with Crippen molar-refractivity contribution in [2.75, 3.05) is 19.5 Å². The summed E-state index contributed by atoms with van der Waals surface area (Å²) in [5.41, 5.74) is 1.45. The number of ether oxygens (including phenoxy) is 2. The molecule has 0 spiro atoms. The van der Waals surface area contributed by atoms with E-state index in [0.29, 0.717) is 29.6 Å². The third kappa shape index (κ3) is 4.18. The summed E-state index contributed by atoms with van der Waals surface area (Å²) in [5, 5.41) is 6.77. The van der Waals surface area contributed by atoms with Crippen LogP contribution in [-0.4, -0.2) is 30.3 Å². The van der Waals surface area contributed by atoms with Crippen LogP contribution < -0.4 is 14.8 Å². The van der Waals surface area contributed by atoms with Gasteiger partial charge in [-0.2, -0.15) is 4.98 Å². The van der Waals surface area contributed by atoms with Crippen LogP contribution in [0, 0.1) is 0 Å². The predicted molar refractivity (Wildman–Crippen MR) is 96.2 cm³/mol. The molecule has 26 heavy (non-hydrogen) atoms. The minimum Gasteiger partial charge on any atom is -0.497 e. The first-order valence-electron chi connectivity index (χ1n) is 8.09. The Kier molecular flexibility index (Phi) is 5.48. The van der Waals surface area contributed by atoms with Crippen LogP contribution in [0.2, 0.25) is 0 Å². The number of para-hydroxylation sites is 2. The SMILES string of the molecule is COc1ccc(-c2noc(CCC(=O)Nc3ccccc3OC)n2)cc1. The topological polar surface area (TPSA) is 86.5 Å². The summed E-state index contributed by atoms with van der Waals surface area (Å²) in [6.45, 7) is 0. The highest BCUT2D eigenvalue weighted by Gasteiger charge is 2.12. The lowest BCUT2D eigenvalue weighted by Gasteiger charge is -2.08. The fourth-order valence-corrected chi connectivity index (χ4v) is 2.39. The molecule has 0 aliphatic carbocycles. The average Bonchev–Trinajstić information content (AvgIpc) is 3.16. The van der Waals surface area contributed by atoms with Gasteiger partial charge in [0.05, 0.1) is 19.9 Å². The number of aryl methyl sites for hydroxylation is 1. The Morgan fingerprint density at radius 2 is 1.85 bits per heavy atom. The lowest BCUT2D eigenvalue weighted by molar-refractivity contribution is -0.116. The van der Waals surface area contributed by atoms with Crippen molar-refractivity contribution >= 4 is 11.6 Å². The second-order valence-electron chi connectivity index (χ2n) is 5.49. The lowest BCUT2D eigenvalue weighted by atomic mass is 10.2. The van der Waals surface area contributed by atoms with Gasteiger partial charge in [0, 0.05) is 18.4 Å². The van der Waals surface area contributed by atoms with Crippen LogP contribution in [0.3, 0.4) is 0 Å². The van der Waals surface area contributed by atoms with E-state index in [-0.39, 0.29) is 12.3 Å². The number of nitrogens with one attached hydrogen (secondary N) is 1. The van der Waals surface area contributed by atoms with E-state index in [1.54, 1.807) is 26.4 Å². The van der Waals surface area contributed by atoms with Crippen molar-refractivity contribution in [2.24, 2.45) is 0 Å². The highest BCUT2D eigenvalue weighted by atomic mass is 16.5. The molecule has 3 aromatic rings. The number of rotatable bonds is 7. The van der Waals surface area contributed by atoms with Gasteiger partial charge in [-0.3, -0.25) is 4.79 Å². The maximum atomic E-state index is 12.1. The van der Waals surface area contributed by atoms with Gasteiger partial charge >= 0.3 is 0 Å². The van der Waals surface area contributed by atoms with E-state index in [1.807, 2.05) is 36.4 Å². The summed E-state index contributed by atoms with van der Waals surface area (Å²) in [4.78, 5) is 16.5. The van der Waals surface area contributed by atoms with Gasteiger partial charge in [0.2, 0.25) is 17.6 Å². The third-order valence-electron chi connectivity index (χ3n) is 3.76. The number of methoxy groups -OCH3 is 2. The van der Waals surface area contributed by atoms with Gasteiger partial charge in [0.25, 0.3) is 0 Å². The minimum atomic E-state index is -0.154. The van der Waals surface area contributed by atoms with Crippen molar-refractivity contribution in [1.82, 2.24) is 10.1 Å². The molecule has 7 heteroatoms. The minimum absolute atomic E-state index is 0.154. The molecule has 0 aliphatic heterocycles. The largest absolute Gasteiger partial charge is 0.497 e. The van der Waals surface area contributed by atoms with Gasteiger partial charge in [-0.1, -0.05) is 17.3 Å². The zero-order valence-corrected chi connectivity index (χ0v) is 14.6. The van der Waals surface area contributed by atoms with Crippen LogP contribution in [0.4, 0.5) is 5.69 Å². The number of hydrogen-bond donors (Lipinski definition) is 1. The van der Waals surface area contributed by atoms with Gasteiger partial charge in [-0.05, 0) is 36.4 Å². The molecule has 0 radical (unpaired) electrons. The lowest BCUT2D eigenvalue weighted by Crippen LogP contribution is -2.13. The molecular weight excluding hydrogens is 334 g/mol. The molecule has 0 atom stereocenters. The normalized spacial score (nSPS) is 10.4. The number of amides is 1.